The van der Waals surface area contributed by atoms with Gasteiger partial charge in [0.25, 0.3) is 0 Å². The van der Waals surface area contributed by atoms with Gasteiger partial charge < -0.3 is 16.0 Å². The number of nitrogens with zero attached hydrogens (tertiary/aromatic N) is 1. The maximum Gasteiger partial charge on any atom is 0.241 e. The van der Waals surface area contributed by atoms with E-state index < -0.39 is 6.04 Å². The van der Waals surface area contributed by atoms with Gasteiger partial charge in [-0.3, -0.25) is 4.79 Å². The van der Waals surface area contributed by atoms with Crippen molar-refractivity contribution in [1.82, 2.24) is 10.2 Å². The molecule has 0 saturated carbocycles. The predicted octanol–water partition coefficient (Wildman–Crippen LogP) is 3.07. The van der Waals surface area contributed by atoms with Crippen molar-refractivity contribution >= 4 is 17.5 Å². The average molecular weight is 346 g/mol. The Bertz CT molecular complexity index is 685. The van der Waals surface area contributed by atoms with Crippen LogP contribution in [0.15, 0.2) is 48.5 Å². The van der Waals surface area contributed by atoms with Crippen molar-refractivity contribution in [1.29, 1.82) is 0 Å². The normalized spacial score (nSPS) is 13.6. The highest BCUT2D eigenvalue weighted by Gasteiger charge is 2.20. The molecule has 2 unspecified atom stereocenters. The SMILES string of the molecule is Cc1ccc(C(N)C(=O)NCC(c2ccccc2Cl)N(C)C)cc1. The quantitative estimate of drug-likeness (QED) is 0.846. The molecule has 0 aliphatic rings. The van der Waals surface area contributed by atoms with Gasteiger partial charge in [-0.1, -0.05) is 59.6 Å². The molecule has 0 spiro atoms. The van der Waals surface area contributed by atoms with E-state index in [0.29, 0.717) is 11.6 Å². The van der Waals surface area contributed by atoms with Crippen molar-refractivity contribution < 1.29 is 4.79 Å². The topological polar surface area (TPSA) is 58.4 Å². The van der Waals surface area contributed by atoms with Gasteiger partial charge in [0, 0.05) is 11.6 Å². The molecule has 0 heterocycles. The minimum absolute atomic E-state index is 0.0205. The Morgan fingerprint density at radius 1 is 1.17 bits per heavy atom. The average Bonchev–Trinajstić information content (AvgIpc) is 2.56. The molecule has 24 heavy (non-hydrogen) atoms. The van der Waals surface area contributed by atoms with E-state index in [-0.39, 0.29) is 11.9 Å². The van der Waals surface area contributed by atoms with E-state index in [1.165, 1.54) is 0 Å². The molecule has 0 aliphatic heterocycles. The second-order valence-corrected chi connectivity index (χ2v) is 6.54. The van der Waals surface area contributed by atoms with Crippen LogP contribution >= 0.6 is 11.6 Å². The molecular formula is C19H24ClN3O. The van der Waals surface area contributed by atoms with Gasteiger partial charge in [0.1, 0.15) is 6.04 Å². The van der Waals surface area contributed by atoms with Crippen molar-refractivity contribution in [2.24, 2.45) is 5.73 Å². The Kier molecular flexibility index (Phi) is 6.37. The zero-order chi connectivity index (χ0) is 17.7. The summed E-state index contributed by atoms with van der Waals surface area (Å²) in [4.78, 5) is 14.4. The van der Waals surface area contributed by atoms with Crippen molar-refractivity contribution in [3.63, 3.8) is 0 Å². The van der Waals surface area contributed by atoms with E-state index in [1.807, 2.05) is 74.4 Å². The highest BCUT2D eigenvalue weighted by atomic mass is 35.5. The fraction of sp³-hybridized carbons (Fsp3) is 0.316. The predicted molar refractivity (Wildman–Crippen MR) is 99.0 cm³/mol. The van der Waals surface area contributed by atoms with Gasteiger partial charge in [0.2, 0.25) is 5.91 Å². The second kappa shape index (κ2) is 8.29. The third kappa shape index (κ3) is 4.57. The van der Waals surface area contributed by atoms with E-state index in [0.717, 1.165) is 16.7 Å². The molecule has 0 aromatic heterocycles. The van der Waals surface area contributed by atoms with Crippen LogP contribution in [0.3, 0.4) is 0 Å². The van der Waals surface area contributed by atoms with Crippen molar-refractivity contribution in [2.75, 3.05) is 20.6 Å². The lowest BCUT2D eigenvalue weighted by atomic mass is 10.0. The number of benzene rings is 2. The first-order chi connectivity index (χ1) is 11.4. The van der Waals surface area contributed by atoms with E-state index >= 15 is 0 Å². The van der Waals surface area contributed by atoms with Gasteiger partial charge in [-0.2, -0.15) is 0 Å². The molecule has 0 bridgehead atoms. The Balaban J connectivity index is 2.05. The summed E-state index contributed by atoms with van der Waals surface area (Å²) in [7, 11) is 3.92. The number of rotatable bonds is 6. The number of likely N-dealkylation sites (N-methyl/N-ethyl adjacent to an activating group) is 1. The smallest absolute Gasteiger partial charge is 0.241 e. The van der Waals surface area contributed by atoms with Gasteiger partial charge >= 0.3 is 0 Å². The van der Waals surface area contributed by atoms with Gasteiger partial charge in [0.05, 0.1) is 6.04 Å². The summed E-state index contributed by atoms with van der Waals surface area (Å²) in [6.07, 6.45) is 0. The number of hydrogen-bond donors (Lipinski definition) is 2. The maximum atomic E-state index is 12.4. The molecule has 1 amide bonds. The fourth-order valence-corrected chi connectivity index (χ4v) is 2.81. The summed E-state index contributed by atoms with van der Waals surface area (Å²) < 4.78 is 0. The van der Waals surface area contributed by atoms with E-state index in [1.54, 1.807) is 0 Å². The molecule has 0 fully saturated rings. The molecule has 0 saturated heterocycles. The highest BCUT2D eigenvalue weighted by molar-refractivity contribution is 6.31. The van der Waals surface area contributed by atoms with Gasteiger partial charge in [-0.05, 0) is 38.2 Å². The number of nitrogens with two attached hydrogens (primary N) is 1. The lowest BCUT2D eigenvalue weighted by molar-refractivity contribution is -0.122. The number of nitrogens with one attached hydrogen (secondary N) is 1. The van der Waals surface area contributed by atoms with Crippen LogP contribution in [0.2, 0.25) is 5.02 Å². The molecule has 2 atom stereocenters. The first-order valence-corrected chi connectivity index (χ1v) is 8.28. The number of amides is 1. The van der Waals surface area contributed by atoms with Crippen LogP contribution in [-0.2, 0) is 4.79 Å². The maximum absolute atomic E-state index is 12.4. The Morgan fingerprint density at radius 2 is 1.79 bits per heavy atom. The van der Waals surface area contributed by atoms with Crippen LogP contribution in [-0.4, -0.2) is 31.4 Å². The summed E-state index contributed by atoms with van der Waals surface area (Å²) in [5.41, 5.74) is 8.99. The van der Waals surface area contributed by atoms with Crippen LogP contribution in [0.5, 0.6) is 0 Å². The van der Waals surface area contributed by atoms with Crippen LogP contribution in [0, 0.1) is 6.92 Å². The Labute approximate surface area is 148 Å². The standard InChI is InChI=1S/C19H24ClN3O/c1-13-8-10-14(11-9-13)18(21)19(24)22-12-17(23(2)3)15-6-4-5-7-16(15)20/h4-11,17-18H,12,21H2,1-3H3,(H,22,24). The van der Waals surface area contributed by atoms with E-state index in [9.17, 15) is 4.79 Å². The minimum atomic E-state index is -0.681. The number of halogens is 1. The minimum Gasteiger partial charge on any atom is -0.353 e. The Hall–Kier alpha value is -1.88. The number of carbonyl (C=O) groups is 1. The molecule has 3 N–H and O–H groups in total. The molecule has 5 heteroatoms. The second-order valence-electron chi connectivity index (χ2n) is 6.13. The van der Waals surface area contributed by atoms with Crippen LogP contribution in [0.25, 0.3) is 0 Å². The zero-order valence-corrected chi connectivity index (χ0v) is 15.0. The molecule has 2 aromatic rings. The molecule has 0 aliphatic carbocycles. The summed E-state index contributed by atoms with van der Waals surface area (Å²) in [5.74, 6) is -0.197. The van der Waals surface area contributed by atoms with Crippen molar-refractivity contribution in [2.45, 2.75) is 19.0 Å². The summed E-state index contributed by atoms with van der Waals surface area (Å²) in [6, 6.07) is 14.6. The number of carbonyl (C=O) groups excluding carboxylic acids is 1. The van der Waals surface area contributed by atoms with Gasteiger partial charge in [-0.15, -0.1) is 0 Å². The Morgan fingerprint density at radius 3 is 2.38 bits per heavy atom. The molecule has 2 aromatic carbocycles. The first kappa shape index (κ1) is 18.5. The highest BCUT2D eigenvalue weighted by Crippen LogP contribution is 2.25. The number of hydrogen-bond acceptors (Lipinski definition) is 3. The van der Waals surface area contributed by atoms with Crippen LogP contribution in [0.4, 0.5) is 0 Å². The summed E-state index contributed by atoms with van der Waals surface area (Å²) in [5, 5.41) is 3.63. The third-order valence-corrected chi connectivity index (χ3v) is 4.42. The summed E-state index contributed by atoms with van der Waals surface area (Å²) >= 11 is 6.29. The number of aryl methyl sites for hydroxylation is 1. The lowest BCUT2D eigenvalue weighted by Gasteiger charge is -2.26. The monoisotopic (exact) mass is 345 g/mol. The first-order valence-electron chi connectivity index (χ1n) is 7.91. The molecule has 128 valence electrons. The van der Waals surface area contributed by atoms with Crippen molar-refractivity contribution in [3.8, 4) is 0 Å². The molecule has 4 nitrogen and oxygen atoms in total. The van der Waals surface area contributed by atoms with E-state index in [2.05, 4.69) is 5.32 Å². The lowest BCUT2D eigenvalue weighted by Crippen LogP contribution is -2.39. The molecule has 2 rings (SSSR count). The van der Waals surface area contributed by atoms with Gasteiger partial charge in [-0.25, -0.2) is 0 Å². The summed E-state index contributed by atoms with van der Waals surface area (Å²) in [6.45, 7) is 2.44. The zero-order valence-electron chi connectivity index (χ0n) is 14.3. The molecule has 0 radical (unpaired) electrons. The van der Waals surface area contributed by atoms with Crippen LogP contribution in [0.1, 0.15) is 28.8 Å². The third-order valence-electron chi connectivity index (χ3n) is 4.08. The fourth-order valence-electron chi connectivity index (χ4n) is 2.55. The van der Waals surface area contributed by atoms with Crippen LogP contribution < -0.4 is 11.1 Å². The molecular weight excluding hydrogens is 322 g/mol. The van der Waals surface area contributed by atoms with E-state index in [4.69, 9.17) is 17.3 Å². The van der Waals surface area contributed by atoms with Crippen molar-refractivity contribution in [3.05, 3.63) is 70.2 Å². The largest absolute Gasteiger partial charge is 0.353 e. The van der Waals surface area contributed by atoms with Gasteiger partial charge in [0.15, 0.2) is 0 Å².